The van der Waals surface area contributed by atoms with E-state index < -0.39 is 15.7 Å². The Bertz CT molecular complexity index is 1010. The number of aromatic nitrogens is 2. The second kappa shape index (κ2) is 5.51. The van der Waals surface area contributed by atoms with Gasteiger partial charge in [0, 0.05) is 18.1 Å². The number of amides is 1. The molecular weight excluding hydrogens is 314 g/mol. The van der Waals surface area contributed by atoms with Crippen molar-refractivity contribution >= 4 is 26.9 Å². The van der Waals surface area contributed by atoms with Gasteiger partial charge in [0.15, 0.2) is 5.69 Å². The number of anilines is 1. The topological polar surface area (TPSA) is 80.5 Å². The molecular formula is C16H15N3O3S. The predicted molar refractivity (Wildman–Crippen MR) is 87.4 cm³/mol. The maximum Gasteiger partial charge on any atom is 0.276 e. The van der Waals surface area contributed by atoms with Gasteiger partial charge in [-0.2, -0.15) is 0 Å². The Morgan fingerprint density at radius 2 is 1.83 bits per heavy atom. The molecule has 0 radical (unpaired) electrons. The van der Waals surface area contributed by atoms with Crippen molar-refractivity contribution < 1.29 is 13.2 Å². The first-order valence-corrected chi connectivity index (χ1v) is 8.81. The summed E-state index contributed by atoms with van der Waals surface area (Å²) in [6.07, 6.45) is 2.64. The van der Waals surface area contributed by atoms with Crippen LogP contribution < -0.4 is 5.32 Å². The van der Waals surface area contributed by atoms with E-state index in [1.165, 1.54) is 4.40 Å². The monoisotopic (exact) mass is 329 g/mol. The summed E-state index contributed by atoms with van der Waals surface area (Å²) in [7, 11) is -3.55. The van der Waals surface area contributed by atoms with E-state index in [9.17, 15) is 13.2 Å². The van der Waals surface area contributed by atoms with Gasteiger partial charge in [0.2, 0.25) is 15.0 Å². The number of carbonyl (C=O) groups excluding carboxylic acids is 1. The van der Waals surface area contributed by atoms with Gasteiger partial charge >= 0.3 is 0 Å². The third kappa shape index (κ3) is 2.83. The second-order valence-corrected chi connectivity index (χ2v) is 7.15. The van der Waals surface area contributed by atoms with Crippen LogP contribution >= 0.6 is 0 Å². The molecule has 1 amide bonds. The Balaban J connectivity index is 2.10. The Morgan fingerprint density at radius 3 is 2.52 bits per heavy atom. The molecule has 0 fully saturated rings. The van der Waals surface area contributed by atoms with Gasteiger partial charge in [-0.3, -0.25) is 9.20 Å². The molecule has 0 saturated heterocycles. The number of aryl methyl sites for hydroxylation is 1. The normalized spacial score (nSPS) is 11.6. The highest BCUT2D eigenvalue weighted by Crippen LogP contribution is 2.19. The zero-order valence-corrected chi connectivity index (χ0v) is 13.5. The van der Waals surface area contributed by atoms with Crippen molar-refractivity contribution in [2.24, 2.45) is 0 Å². The molecule has 0 atom stereocenters. The van der Waals surface area contributed by atoms with Crippen LogP contribution in [0.1, 0.15) is 16.1 Å². The first-order chi connectivity index (χ1) is 10.9. The van der Waals surface area contributed by atoms with Gasteiger partial charge in [-0.1, -0.05) is 24.3 Å². The summed E-state index contributed by atoms with van der Waals surface area (Å²) in [5.74, 6) is -0.446. The number of sulfone groups is 1. The van der Waals surface area contributed by atoms with Crippen LogP contribution in [0, 0.1) is 6.92 Å². The predicted octanol–water partition coefficient (Wildman–Crippen LogP) is 2.30. The fraction of sp³-hybridized carbons (Fsp3) is 0.125. The Hall–Kier alpha value is -2.67. The van der Waals surface area contributed by atoms with Crippen molar-refractivity contribution in [2.45, 2.75) is 12.1 Å². The smallest absolute Gasteiger partial charge is 0.276 e. The average molecular weight is 329 g/mol. The van der Waals surface area contributed by atoms with Gasteiger partial charge in [-0.05, 0) is 30.7 Å². The summed E-state index contributed by atoms with van der Waals surface area (Å²) in [6, 6.07) is 12.4. The van der Waals surface area contributed by atoms with Crippen LogP contribution in [0.25, 0.3) is 5.52 Å². The number of nitrogens with one attached hydrogen (secondary N) is 1. The number of imidazole rings is 1. The maximum absolute atomic E-state index is 12.5. The van der Waals surface area contributed by atoms with Gasteiger partial charge < -0.3 is 5.32 Å². The van der Waals surface area contributed by atoms with E-state index in [0.29, 0.717) is 11.2 Å². The van der Waals surface area contributed by atoms with Crippen molar-refractivity contribution in [3.05, 3.63) is 59.9 Å². The molecule has 118 valence electrons. The number of benzene rings is 1. The Labute approximate surface area is 133 Å². The molecule has 0 aliphatic carbocycles. The van der Waals surface area contributed by atoms with E-state index in [0.717, 1.165) is 11.8 Å². The number of fused-ring (bicyclic) bond motifs is 1. The molecule has 2 aromatic heterocycles. The lowest BCUT2D eigenvalue weighted by atomic mass is 10.2. The molecule has 0 bridgehead atoms. The molecule has 1 aromatic carbocycles. The summed E-state index contributed by atoms with van der Waals surface area (Å²) in [6.45, 7) is 1.88. The fourth-order valence-corrected chi connectivity index (χ4v) is 3.11. The summed E-state index contributed by atoms with van der Waals surface area (Å²) in [5.41, 5.74) is 2.09. The number of hydrogen-bond donors (Lipinski definition) is 1. The standard InChI is InChI=1S/C16H15N3O3S/c1-11-7-3-4-8-12(11)17-15(20)14-13-9-5-6-10-19(13)16(18-14)23(2,21)22/h3-10H,1-2H3,(H,17,20). The third-order valence-electron chi connectivity index (χ3n) is 3.46. The van der Waals surface area contributed by atoms with E-state index in [2.05, 4.69) is 10.3 Å². The SMILES string of the molecule is Cc1ccccc1NC(=O)c1nc(S(C)(=O)=O)n2ccccc12. The van der Waals surface area contributed by atoms with Crippen molar-refractivity contribution in [3.8, 4) is 0 Å². The Morgan fingerprint density at radius 1 is 1.13 bits per heavy atom. The lowest BCUT2D eigenvalue weighted by Crippen LogP contribution is -2.14. The molecule has 3 rings (SSSR count). The molecule has 0 aliphatic heterocycles. The van der Waals surface area contributed by atoms with Gasteiger partial charge in [0.25, 0.3) is 5.91 Å². The molecule has 3 aromatic rings. The minimum absolute atomic E-state index is 0.0780. The molecule has 6 nitrogen and oxygen atoms in total. The number of nitrogens with zero attached hydrogens (tertiary/aromatic N) is 2. The summed E-state index contributed by atoms with van der Waals surface area (Å²) in [5, 5.41) is 2.62. The average Bonchev–Trinajstić information content (AvgIpc) is 2.89. The highest BCUT2D eigenvalue weighted by atomic mass is 32.2. The van der Waals surface area contributed by atoms with Crippen LogP contribution in [0.15, 0.2) is 53.8 Å². The van der Waals surface area contributed by atoms with Crippen molar-refractivity contribution in [3.63, 3.8) is 0 Å². The van der Waals surface area contributed by atoms with Crippen LogP contribution in [0.2, 0.25) is 0 Å². The minimum Gasteiger partial charge on any atom is -0.320 e. The first-order valence-electron chi connectivity index (χ1n) is 6.92. The van der Waals surface area contributed by atoms with E-state index in [-0.39, 0.29) is 10.9 Å². The number of hydrogen-bond acceptors (Lipinski definition) is 4. The molecule has 0 aliphatic rings. The maximum atomic E-state index is 12.5. The highest BCUT2D eigenvalue weighted by Gasteiger charge is 2.22. The summed E-state index contributed by atoms with van der Waals surface area (Å²) >= 11 is 0. The molecule has 2 heterocycles. The minimum atomic E-state index is -3.55. The summed E-state index contributed by atoms with van der Waals surface area (Å²) in [4.78, 5) is 16.6. The van der Waals surface area contributed by atoms with E-state index in [1.54, 1.807) is 30.5 Å². The summed E-state index contributed by atoms with van der Waals surface area (Å²) < 4.78 is 25.2. The second-order valence-electron chi connectivity index (χ2n) is 5.24. The van der Waals surface area contributed by atoms with Crippen LogP contribution in [0.4, 0.5) is 5.69 Å². The fourth-order valence-electron chi connectivity index (χ4n) is 2.33. The zero-order chi connectivity index (χ0) is 16.6. The van der Waals surface area contributed by atoms with Gasteiger partial charge in [0.05, 0.1) is 5.52 Å². The first kappa shape index (κ1) is 15.2. The number of carbonyl (C=O) groups is 1. The van der Waals surface area contributed by atoms with Gasteiger partial charge in [0.1, 0.15) is 0 Å². The molecule has 7 heteroatoms. The van der Waals surface area contributed by atoms with Gasteiger partial charge in [-0.15, -0.1) is 0 Å². The van der Waals surface area contributed by atoms with Gasteiger partial charge in [-0.25, -0.2) is 13.4 Å². The number of rotatable bonds is 3. The lowest BCUT2D eigenvalue weighted by Gasteiger charge is -2.06. The van der Waals surface area contributed by atoms with Crippen molar-refractivity contribution in [1.29, 1.82) is 0 Å². The molecule has 1 N–H and O–H groups in total. The van der Waals surface area contributed by atoms with Crippen molar-refractivity contribution in [1.82, 2.24) is 9.38 Å². The number of pyridine rings is 1. The molecule has 0 saturated carbocycles. The van der Waals surface area contributed by atoms with Crippen LogP contribution in [0.5, 0.6) is 0 Å². The van der Waals surface area contributed by atoms with E-state index >= 15 is 0 Å². The lowest BCUT2D eigenvalue weighted by molar-refractivity contribution is 0.102. The van der Waals surface area contributed by atoms with Crippen LogP contribution in [-0.2, 0) is 9.84 Å². The number of para-hydroxylation sites is 1. The molecule has 0 spiro atoms. The molecule has 0 unspecified atom stereocenters. The van der Waals surface area contributed by atoms with Crippen molar-refractivity contribution in [2.75, 3.05) is 11.6 Å². The highest BCUT2D eigenvalue weighted by molar-refractivity contribution is 7.90. The zero-order valence-electron chi connectivity index (χ0n) is 12.6. The van der Waals surface area contributed by atoms with E-state index in [4.69, 9.17) is 0 Å². The van der Waals surface area contributed by atoms with Crippen LogP contribution in [0.3, 0.4) is 0 Å². The molecule has 23 heavy (non-hydrogen) atoms. The Kier molecular flexibility index (Phi) is 3.65. The largest absolute Gasteiger partial charge is 0.320 e. The third-order valence-corrected chi connectivity index (χ3v) is 4.41. The van der Waals surface area contributed by atoms with Crippen LogP contribution in [-0.4, -0.2) is 30.0 Å². The van der Waals surface area contributed by atoms with E-state index in [1.807, 2.05) is 25.1 Å². The quantitative estimate of drug-likeness (QED) is 0.799.